The van der Waals surface area contributed by atoms with Crippen LogP contribution in [0.15, 0.2) is 48.5 Å². The third-order valence-electron chi connectivity index (χ3n) is 5.34. The van der Waals surface area contributed by atoms with E-state index in [9.17, 15) is 45.5 Å². The number of halogens is 6. The number of alkyl halides is 6. The number of aromatic carboxylic acids is 2. The van der Waals surface area contributed by atoms with E-state index in [1.54, 1.807) is 0 Å². The van der Waals surface area contributed by atoms with E-state index in [1.165, 1.54) is 0 Å². The number of hydrogen-bond donors (Lipinski definition) is 2. The molecule has 0 saturated carbocycles. The van der Waals surface area contributed by atoms with Crippen molar-refractivity contribution in [1.29, 1.82) is 0 Å². The van der Waals surface area contributed by atoms with Gasteiger partial charge in [0.05, 0.1) is 11.1 Å². The Kier molecular flexibility index (Phi) is 9.85. The Balaban J connectivity index is 2.02. The molecule has 0 aliphatic carbocycles. The normalized spacial score (nSPS) is 11.6. The molecule has 8 nitrogen and oxygen atoms in total. The van der Waals surface area contributed by atoms with Crippen LogP contribution < -0.4 is 9.80 Å². The number of nitrogens with zero attached hydrogens (tertiary/aromatic N) is 2. The maximum atomic E-state index is 13.1. The van der Waals surface area contributed by atoms with Gasteiger partial charge >= 0.3 is 36.1 Å². The number of anilines is 2. The Morgan fingerprint density at radius 1 is 0.553 bits per heavy atom. The molecule has 2 aromatic rings. The molecule has 0 fully saturated rings. The highest BCUT2D eigenvalue weighted by molar-refractivity contribution is 5.98. The lowest BCUT2D eigenvalue weighted by Gasteiger charge is -2.25. The molecular weight excluding hydrogens is 526 g/mol. The molecule has 0 saturated heterocycles. The molecule has 0 radical (unpaired) electrons. The SMILES string of the molecule is O=C(O)c1ccc(N(CCCCCCN(C(=O)C(F)(F)F)c2ccc(C(=O)O)cc2)C(=O)C(F)(F)F)cc1. The van der Waals surface area contributed by atoms with Crippen LogP contribution in [0.1, 0.15) is 46.4 Å². The van der Waals surface area contributed by atoms with Gasteiger partial charge in [0, 0.05) is 24.5 Å². The fourth-order valence-electron chi connectivity index (χ4n) is 3.46. The first kappa shape index (κ1) is 30.1. The molecule has 206 valence electrons. The molecule has 0 aliphatic rings. The summed E-state index contributed by atoms with van der Waals surface area (Å²) in [6, 6.07) is 8.42. The Labute approximate surface area is 212 Å². The van der Waals surface area contributed by atoms with Gasteiger partial charge < -0.3 is 20.0 Å². The summed E-state index contributed by atoms with van der Waals surface area (Å²) in [7, 11) is 0. The van der Waals surface area contributed by atoms with E-state index in [1.807, 2.05) is 0 Å². The zero-order valence-corrected chi connectivity index (χ0v) is 19.6. The second-order valence-electron chi connectivity index (χ2n) is 8.03. The van der Waals surface area contributed by atoms with Crippen LogP contribution in [0, 0.1) is 0 Å². The van der Waals surface area contributed by atoms with Crippen LogP contribution in [-0.4, -0.2) is 59.4 Å². The molecule has 0 heterocycles. The predicted octanol–water partition coefficient (Wildman–Crippen LogP) is 5.13. The zero-order valence-electron chi connectivity index (χ0n) is 19.6. The molecule has 0 spiro atoms. The predicted molar refractivity (Wildman–Crippen MR) is 122 cm³/mol. The molecule has 0 atom stereocenters. The van der Waals surface area contributed by atoms with Crippen molar-refractivity contribution in [3.05, 3.63) is 59.7 Å². The van der Waals surface area contributed by atoms with E-state index >= 15 is 0 Å². The van der Waals surface area contributed by atoms with Crippen molar-refractivity contribution in [3.8, 4) is 0 Å². The number of rotatable bonds is 11. The third kappa shape index (κ3) is 8.21. The van der Waals surface area contributed by atoms with E-state index in [4.69, 9.17) is 10.2 Å². The summed E-state index contributed by atoms with van der Waals surface area (Å²) in [6.07, 6.45) is -9.94. The lowest BCUT2D eigenvalue weighted by Crippen LogP contribution is -2.42. The molecular formula is C24H22F6N2O6. The van der Waals surface area contributed by atoms with Gasteiger partial charge in [-0.2, -0.15) is 26.3 Å². The molecule has 0 unspecified atom stereocenters. The number of unbranched alkanes of at least 4 members (excludes halogenated alkanes) is 3. The fraction of sp³-hybridized carbons (Fsp3) is 0.333. The van der Waals surface area contributed by atoms with Gasteiger partial charge in [-0.15, -0.1) is 0 Å². The number of carboxylic acids is 2. The van der Waals surface area contributed by atoms with Crippen LogP contribution in [0.4, 0.5) is 37.7 Å². The first-order chi connectivity index (χ1) is 17.6. The van der Waals surface area contributed by atoms with Crippen molar-refractivity contribution < 1.29 is 55.7 Å². The Morgan fingerprint density at radius 2 is 0.842 bits per heavy atom. The zero-order chi connectivity index (χ0) is 28.7. The Bertz CT molecular complexity index is 1060. The summed E-state index contributed by atoms with van der Waals surface area (Å²) in [4.78, 5) is 46.6. The molecule has 2 amide bonds. The maximum absolute atomic E-state index is 13.1. The largest absolute Gasteiger partial charge is 0.478 e. The second-order valence-corrected chi connectivity index (χ2v) is 8.03. The summed E-state index contributed by atoms with van der Waals surface area (Å²) < 4.78 is 78.4. The van der Waals surface area contributed by atoms with Gasteiger partial charge in [-0.25, -0.2) is 9.59 Å². The van der Waals surface area contributed by atoms with Gasteiger partial charge in [-0.05, 0) is 61.4 Å². The summed E-state index contributed by atoms with van der Waals surface area (Å²) >= 11 is 0. The van der Waals surface area contributed by atoms with Crippen LogP contribution in [0.2, 0.25) is 0 Å². The van der Waals surface area contributed by atoms with Crippen LogP contribution >= 0.6 is 0 Å². The van der Waals surface area contributed by atoms with Gasteiger partial charge in [0.15, 0.2) is 0 Å². The molecule has 2 aromatic carbocycles. The van der Waals surface area contributed by atoms with Crippen LogP contribution in [0.5, 0.6) is 0 Å². The topological polar surface area (TPSA) is 115 Å². The minimum Gasteiger partial charge on any atom is -0.478 e. The Hall–Kier alpha value is -4.10. The van der Waals surface area contributed by atoms with Crippen molar-refractivity contribution in [3.63, 3.8) is 0 Å². The standard InChI is InChI=1S/C24H22F6N2O6/c25-23(26,27)21(37)31(17-9-5-15(6-10-17)19(33)34)13-3-1-2-4-14-32(22(38)24(28,29)30)18-11-7-16(8-12-18)20(35)36/h5-12H,1-4,13-14H2,(H,33,34)(H,35,36). The monoisotopic (exact) mass is 548 g/mol. The van der Waals surface area contributed by atoms with Gasteiger partial charge in [0.2, 0.25) is 0 Å². The highest BCUT2D eigenvalue weighted by Crippen LogP contribution is 2.26. The van der Waals surface area contributed by atoms with Crippen molar-refractivity contribution in [2.75, 3.05) is 22.9 Å². The number of carbonyl (C=O) groups excluding carboxylic acids is 2. The first-order valence-electron chi connectivity index (χ1n) is 11.1. The average Bonchev–Trinajstić information content (AvgIpc) is 2.84. The van der Waals surface area contributed by atoms with Crippen molar-refractivity contribution in [2.24, 2.45) is 0 Å². The van der Waals surface area contributed by atoms with Gasteiger partial charge in [-0.3, -0.25) is 9.59 Å². The van der Waals surface area contributed by atoms with Gasteiger partial charge in [-0.1, -0.05) is 12.8 Å². The molecule has 2 rings (SSSR count). The molecule has 14 heteroatoms. The summed E-state index contributed by atoms with van der Waals surface area (Å²) in [6.45, 7) is -0.792. The maximum Gasteiger partial charge on any atom is 0.471 e. The van der Waals surface area contributed by atoms with E-state index in [2.05, 4.69) is 0 Å². The lowest BCUT2D eigenvalue weighted by molar-refractivity contribution is -0.170. The third-order valence-corrected chi connectivity index (χ3v) is 5.34. The minimum absolute atomic E-state index is 0.0308. The summed E-state index contributed by atoms with van der Waals surface area (Å²) in [5.41, 5.74) is -0.736. The number of carboxylic acid groups (broad SMARTS) is 2. The van der Waals surface area contributed by atoms with E-state index < -0.39 is 49.2 Å². The Morgan fingerprint density at radius 3 is 1.08 bits per heavy atom. The van der Waals surface area contributed by atoms with Crippen LogP contribution in [0.25, 0.3) is 0 Å². The van der Waals surface area contributed by atoms with E-state index in [0.717, 1.165) is 48.5 Å². The number of benzene rings is 2. The van der Waals surface area contributed by atoms with E-state index in [0.29, 0.717) is 9.80 Å². The number of amides is 2. The smallest absolute Gasteiger partial charge is 0.471 e. The van der Waals surface area contributed by atoms with Gasteiger partial charge in [0.1, 0.15) is 0 Å². The van der Waals surface area contributed by atoms with E-state index in [-0.39, 0.29) is 48.2 Å². The van der Waals surface area contributed by atoms with Crippen molar-refractivity contribution >= 4 is 35.1 Å². The van der Waals surface area contributed by atoms with Gasteiger partial charge in [0.25, 0.3) is 0 Å². The second kappa shape index (κ2) is 12.4. The van der Waals surface area contributed by atoms with Crippen molar-refractivity contribution in [1.82, 2.24) is 0 Å². The number of carbonyl (C=O) groups is 4. The fourth-order valence-corrected chi connectivity index (χ4v) is 3.46. The van der Waals surface area contributed by atoms with Crippen LogP contribution in [0.3, 0.4) is 0 Å². The van der Waals surface area contributed by atoms with Crippen LogP contribution in [-0.2, 0) is 9.59 Å². The highest BCUT2D eigenvalue weighted by atomic mass is 19.4. The van der Waals surface area contributed by atoms with Crippen molar-refractivity contribution in [2.45, 2.75) is 38.0 Å². The summed E-state index contributed by atoms with van der Waals surface area (Å²) in [5.74, 6) is -6.93. The summed E-state index contributed by atoms with van der Waals surface area (Å²) in [5, 5.41) is 17.9. The molecule has 0 aromatic heterocycles. The average molecular weight is 548 g/mol. The lowest BCUT2D eigenvalue weighted by atomic mass is 10.1. The molecule has 38 heavy (non-hydrogen) atoms. The molecule has 2 N–H and O–H groups in total. The highest BCUT2D eigenvalue weighted by Gasteiger charge is 2.43. The first-order valence-corrected chi connectivity index (χ1v) is 11.1. The molecule has 0 bridgehead atoms. The molecule has 0 aliphatic heterocycles. The quantitative estimate of drug-likeness (QED) is 0.297. The number of hydrogen-bond acceptors (Lipinski definition) is 4. The minimum atomic E-state index is -5.19.